The fourth-order valence-corrected chi connectivity index (χ4v) is 4.78. The van der Waals surface area contributed by atoms with Crippen molar-refractivity contribution in [2.24, 2.45) is 10.9 Å². The van der Waals surface area contributed by atoms with Crippen LogP contribution in [-0.4, -0.2) is 72.1 Å². The summed E-state index contributed by atoms with van der Waals surface area (Å²) in [4.78, 5) is 20.9. The predicted molar refractivity (Wildman–Crippen MR) is 90.7 cm³/mol. The molecule has 0 aromatic heterocycles. The number of carbonyl (C=O) groups is 1. The van der Waals surface area contributed by atoms with Crippen molar-refractivity contribution in [3.63, 3.8) is 0 Å². The summed E-state index contributed by atoms with van der Waals surface area (Å²) in [7, 11) is 0. The van der Waals surface area contributed by atoms with Gasteiger partial charge >= 0.3 is 6.09 Å². The maximum absolute atomic E-state index is 11.7. The summed E-state index contributed by atoms with van der Waals surface area (Å²) in [6.45, 7) is 7.41. The molecule has 0 saturated carbocycles. The van der Waals surface area contributed by atoms with Gasteiger partial charge in [-0.25, -0.2) is 4.79 Å². The lowest BCUT2D eigenvalue weighted by Crippen LogP contribution is -2.49. The average Bonchev–Trinajstić information content (AvgIpc) is 3.10. The van der Waals surface area contributed by atoms with Crippen molar-refractivity contribution in [3.8, 4) is 0 Å². The van der Waals surface area contributed by atoms with E-state index >= 15 is 0 Å². The molecule has 0 spiro atoms. The van der Waals surface area contributed by atoms with Gasteiger partial charge in [-0.05, 0) is 45.7 Å². The molecule has 0 bridgehead atoms. The Kier molecular flexibility index (Phi) is 5.63. The van der Waals surface area contributed by atoms with Gasteiger partial charge in [0.2, 0.25) is 0 Å². The minimum Gasteiger partial charge on any atom is -0.450 e. The van der Waals surface area contributed by atoms with E-state index in [9.17, 15) is 4.79 Å². The van der Waals surface area contributed by atoms with E-state index in [1.54, 1.807) is 0 Å². The highest BCUT2D eigenvalue weighted by Crippen LogP contribution is 2.29. The lowest BCUT2D eigenvalue weighted by atomic mass is 9.94. The van der Waals surface area contributed by atoms with Gasteiger partial charge in [-0.2, -0.15) is 0 Å². The number of nitrogens with zero attached hydrogens (tertiary/aromatic N) is 3. The number of thioether (sulfide) groups is 1. The van der Waals surface area contributed by atoms with Crippen LogP contribution < -0.4 is 0 Å². The third-order valence-corrected chi connectivity index (χ3v) is 6.14. The monoisotopic (exact) mass is 325 g/mol. The summed E-state index contributed by atoms with van der Waals surface area (Å²) in [6.07, 6.45) is 4.53. The predicted octanol–water partition coefficient (Wildman–Crippen LogP) is 2.46. The number of aliphatic imine (C=N–C) groups is 1. The lowest BCUT2D eigenvalue weighted by molar-refractivity contribution is 0.0658. The Morgan fingerprint density at radius 2 is 1.95 bits per heavy atom. The van der Waals surface area contributed by atoms with Crippen LogP contribution in [0, 0.1) is 5.92 Å². The Bertz CT molecular complexity index is 414. The second-order valence-electron chi connectivity index (χ2n) is 6.30. The molecule has 0 aromatic carbocycles. The second-order valence-corrected chi connectivity index (χ2v) is 7.41. The van der Waals surface area contributed by atoms with E-state index < -0.39 is 0 Å². The Labute approximate surface area is 137 Å². The number of carbonyl (C=O) groups excluding carboxylic acids is 1. The van der Waals surface area contributed by atoms with E-state index in [0.717, 1.165) is 32.5 Å². The van der Waals surface area contributed by atoms with Crippen molar-refractivity contribution in [2.75, 3.05) is 45.1 Å². The van der Waals surface area contributed by atoms with Gasteiger partial charge in [0.1, 0.15) is 0 Å². The average molecular weight is 325 g/mol. The van der Waals surface area contributed by atoms with Gasteiger partial charge < -0.3 is 14.5 Å². The van der Waals surface area contributed by atoms with Gasteiger partial charge in [0, 0.05) is 37.3 Å². The van der Waals surface area contributed by atoms with Gasteiger partial charge in [-0.3, -0.25) is 4.99 Å². The van der Waals surface area contributed by atoms with Gasteiger partial charge in [0.05, 0.1) is 11.7 Å². The summed E-state index contributed by atoms with van der Waals surface area (Å²) in [5, 5.41) is 1.41. The van der Waals surface area contributed by atoms with Crippen LogP contribution in [0.4, 0.5) is 4.79 Å². The van der Waals surface area contributed by atoms with Crippen LogP contribution in [0.3, 0.4) is 0 Å². The smallest absolute Gasteiger partial charge is 0.409 e. The molecule has 0 aliphatic carbocycles. The van der Waals surface area contributed by atoms with Gasteiger partial charge in [-0.1, -0.05) is 0 Å². The zero-order valence-corrected chi connectivity index (χ0v) is 14.3. The molecule has 3 aliphatic rings. The first-order valence-electron chi connectivity index (χ1n) is 8.61. The first-order valence-corrected chi connectivity index (χ1v) is 9.59. The number of likely N-dealkylation sites (tertiary alicyclic amines) is 2. The molecular formula is C16H27N3O2S. The van der Waals surface area contributed by atoms with E-state index in [1.165, 1.54) is 36.7 Å². The molecule has 124 valence electrons. The summed E-state index contributed by atoms with van der Waals surface area (Å²) in [6, 6.07) is 0.643. The summed E-state index contributed by atoms with van der Waals surface area (Å²) in [5.41, 5.74) is 0. The Morgan fingerprint density at radius 3 is 2.55 bits per heavy atom. The van der Waals surface area contributed by atoms with Crippen LogP contribution in [0.1, 0.15) is 32.6 Å². The molecule has 3 heterocycles. The number of hydrogen-bond donors (Lipinski definition) is 0. The SMILES string of the molecule is CCOC(=O)N1CCC(N2CCC(C3=NCCS3)CC2)CC1. The second kappa shape index (κ2) is 7.68. The quantitative estimate of drug-likeness (QED) is 0.799. The minimum absolute atomic E-state index is 0.143. The number of ether oxygens (including phenoxy) is 1. The number of amides is 1. The fourth-order valence-electron chi connectivity index (χ4n) is 3.74. The summed E-state index contributed by atoms with van der Waals surface area (Å²) in [5.74, 6) is 1.89. The summed E-state index contributed by atoms with van der Waals surface area (Å²) >= 11 is 1.97. The van der Waals surface area contributed by atoms with Gasteiger partial charge in [-0.15, -0.1) is 11.8 Å². The first kappa shape index (κ1) is 16.1. The van der Waals surface area contributed by atoms with E-state index in [4.69, 9.17) is 4.74 Å². The van der Waals surface area contributed by atoms with Gasteiger partial charge in [0.15, 0.2) is 0 Å². The molecule has 0 N–H and O–H groups in total. The number of piperidine rings is 2. The van der Waals surface area contributed by atoms with E-state index in [-0.39, 0.29) is 6.09 Å². The molecule has 0 radical (unpaired) electrons. The molecule has 1 amide bonds. The molecule has 22 heavy (non-hydrogen) atoms. The third-order valence-electron chi connectivity index (χ3n) is 4.99. The molecule has 6 heteroatoms. The topological polar surface area (TPSA) is 45.1 Å². The van der Waals surface area contributed by atoms with Gasteiger partial charge in [0.25, 0.3) is 0 Å². The highest BCUT2D eigenvalue weighted by Gasteiger charge is 2.31. The maximum atomic E-state index is 11.7. The van der Waals surface area contributed by atoms with Crippen LogP contribution in [0.15, 0.2) is 4.99 Å². The first-order chi connectivity index (χ1) is 10.8. The van der Waals surface area contributed by atoms with Crippen molar-refractivity contribution in [3.05, 3.63) is 0 Å². The standard InChI is InChI=1S/C16H27N3O2S/c1-2-21-16(20)19-10-5-14(6-11-19)18-8-3-13(4-9-18)15-17-7-12-22-15/h13-14H,2-12H2,1H3. The van der Waals surface area contributed by atoms with Crippen LogP contribution in [0.5, 0.6) is 0 Å². The van der Waals surface area contributed by atoms with Crippen LogP contribution in [-0.2, 0) is 4.74 Å². The molecule has 0 atom stereocenters. The van der Waals surface area contributed by atoms with Crippen molar-refractivity contribution < 1.29 is 9.53 Å². The number of rotatable bonds is 3. The van der Waals surface area contributed by atoms with Crippen molar-refractivity contribution in [1.29, 1.82) is 0 Å². The van der Waals surface area contributed by atoms with Crippen LogP contribution >= 0.6 is 11.8 Å². The molecule has 0 unspecified atom stereocenters. The van der Waals surface area contributed by atoms with Crippen molar-refractivity contribution in [2.45, 2.75) is 38.6 Å². The normalized spacial score (nSPS) is 25.3. The molecule has 3 aliphatic heterocycles. The van der Waals surface area contributed by atoms with Crippen molar-refractivity contribution in [1.82, 2.24) is 9.80 Å². The molecular weight excluding hydrogens is 298 g/mol. The molecule has 0 aromatic rings. The lowest BCUT2D eigenvalue weighted by Gasteiger charge is -2.41. The Hall–Kier alpha value is -0.750. The summed E-state index contributed by atoms with van der Waals surface area (Å²) < 4.78 is 5.09. The van der Waals surface area contributed by atoms with E-state index in [2.05, 4.69) is 9.89 Å². The minimum atomic E-state index is -0.143. The van der Waals surface area contributed by atoms with Crippen LogP contribution in [0.2, 0.25) is 0 Å². The largest absolute Gasteiger partial charge is 0.450 e. The Morgan fingerprint density at radius 1 is 1.23 bits per heavy atom. The molecule has 2 saturated heterocycles. The maximum Gasteiger partial charge on any atom is 0.409 e. The molecule has 3 rings (SSSR count). The highest BCUT2D eigenvalue weighted by molar-refractivity contribution is 8.14. The Balaban J connectivity index is 1.42. The molecule has 2 fully saturated rings. The van der Waals surface area contributed by atoms with E-state index in [0.29, 0.717) is 18.6 Å². The third kappa shape index (κ3) is 3.77. The van der Waals surface area contributed by atoms with Crippen molar-refractivity contribution >= 4 is 22.9 Å². The van der Waals surface area contributed by atoms with Crippen LogP contribution in [0.25, 0.3) is 0 Å². The molecule has 5 nitrogen and oxygen atoms in total. The highest BCUT2D eigenvalue weighted by atomic mass is 32.2. The zero-order chi connectivity index (χ0) is 15.4. The fraction of sp³-hybridized carbons (Fsp3) is 0.875. The number of hydrogen-bond acceptors (Lipinski definition) is 5. The van der Waals surface area contributed by atoms with E-state index in [1.807, 2.05) is 23.6 Å². The zero-order valence-electron chi connectivity index (χ0n) is 13.5.